The Kier molecular flexibility index (Phi) is 6.40. The quantitative estimate of drug-likeness (QED) is 0.309. The van der Waals surface area contributed by atoms with Crippen LogP contribution in [0.25, 0.3) is 0 Å². The molecule has 0 saturated heterocycles. The molecular formula is C18H10F4O4S. The summed E-state index contributed by atoms with van der Waals surface area (Å²) in [7, 11) is 0. The van der Waals surface area contributed by atoms with Gasteiger partial charge in [0, 0.05) is 36.4 Å². The molecule has 2 aromatic rings. The van der Waals surface area contributed by atoms with Gasteiger partial charge in [0.2, 0.25) is 0 Å². The molecule has 0 heterocycles. The number of carbonyl (C=O) groups excluding carboxylic acids is 2. The highest BCUT2D eigenvalue weighted by Crippen LogP contribution is 2.38. The summed E-state index contributed by atoms with van der Waals surface area (Å²) in [5, 5.41) is 0. The zero-order chi connectivity index (χ0) is 20.1. The van der Waals surface area contributed by atoms with E-state index in [4.69, 9.17) is 0 Å². The number of esters is 2. The van der Waals surface area contributed by atoms with Crippen molar-refractivity contribution in [1.29, 1.82) is 0 Å². The smallest absolute Gasteiger partial charge is 0.335 e. The van der Waals surface area contributed by atoms with Crippen molar-refractivity contribution in [2.24, 2.45) is 0 Å². The van der Waals surface area contributed by atoms with Crippen LogP contribution in [-0.4, -0.2) is 11.9 Å². The van der Waals surface area contributed by atoms with Crippen LogP contribution >= 0.6 is 11.8 Å². The van der Waals surface area contributed by atoms with E-state index in [-0.39, 0.29) is 11.8 Å². The normalized spacial score (nSPS) is 10.2. The Morgan fingerprint density at radius 3 is 1.30 bits per heavy atom. The molecule has 0 aliphatic carbocycles. The molecule has 2 aromatic carbocycles. The molecule has 0 radical (unpaired) electrons. The molecule has 0 aliphatic rings. The van der Waals surface area contributed by atoms with E-state index >= 15 is 0 Å². The van der Waals surface area contributed by atoms with Gasteiger partial charge in [0.15, 0.2) is 0 Å². The maximum absolute atomic E-state index is 14.1. The number of hydrogen-bond donors (Lipinski definition) is 0. The Labute approximate surface area is 155 Å². The van der Waals surface area contributed by atoms with E-state index < -0.39 is 56.5 Å². The van der Waals surface area contributed by atoms with Gasteiger partial charge >= 0.3 is 11.9 Å². The average Bonchev–Trinajstić information content (AvgIpc) is 2.59. The fourth-order valence-electron chi connectivity index (χ4n) is 1.80. The highest BCUT2D eigenvalue weighted by molar-refractivity contribution is 7.99. The third-order valence-electron chi connectivity index (χ3n) is 2.92. The maximum Gasteiger partial charge on any atom is 0.335 e. The fraction of sp³-hybridized carbons (Fsp3) is 0. The van der Waals surface area contributed by atoms with Crippen molar-refractivity contribution in [3.63, 3.8) is 0 Å². The van der Waals surface area contributed by atoms with Gasteiger partial charge in [-0.1, -0.05) is 24.9 Å². The van der Waals surface area contributed by atoms with Crippen LogP contribution in [0.4, 0.5) is 17.6 Å². The number of benzene rings is 2. The molecule has 0 bridgehead atoms. The van der Waals surface area contributed by atoms with Gasteiger partial charge in [-0.2, -0.15) is 0 Å². The van der Waals surface area contributed by atoms with E-state index in [0.29, 0.717) is 24.3 Å². The number of hydrogen-bond acceptors (Lipinski definition) is 5. The SMILES string of the molecule is C=CC(=O)Oc1cc(F)c(Sc2c(F)cc(OC(=O)C=C)cc2F)c(F)c1. The van der Waals surface area contributed by atoms with Crippen molar-refractivity contribution in [3.8, 4) is 11.5 Å². The lowest BCUT2D eigenvalue weighted by atomic mass is 10.3. The first kappa shape index (κ1) is 20.2. The van der Waals surface area contributed by atoms with Gasteiger partial charge in [0.25, 0.3) is 0 Å². The molecule has 0 fully saturated rings. The van der Waals surface area contributed by atoms with Crippen LogP contribution in [0, 0.1) is 23.3 Å². The minimum absolute atomic E-state index is 0.139. The zero-order valence-electron chi connectivity index (χ0n) is 13.4. The first-order chi connectivity index (χ1) is 12.7. The lowest BCUT2D eigenvalue weighted by Gasteiger charge is -2.10. The lowest BCUT2D eigenvalue weighted by Crippen LogP contribution is -2.05. The summed E-state index contributed by atoms with van der Waals surface area (Å²) in [6.45, 7) is 6.28. The molecule has 140 valence electrons. The van der Waals surface area contributed by atoms with Gasteiger partial charge in [0.1, 0.15) is 34.8 Å². The first-order valence-electron chi connectivity index (χ1n) is 7.09. The van der Waals surface area contributed by atoms with Crippen molar-refractivity contribution < 1.29 is 36.6 Å². The molecule has 0 aliphatic heterocycles. The Morgan fingerprint density at radius 2 is 1.04 bits per heavy atom. The molecule has 0 atom stereocenters. The van der Waals surface area contributed by atoms with Crippen molar-refractivity contribution in [2.75, 3.05) is 0 Å². The van der Waals surface area contributed by atoms with E-state index in [2.05, 4.69) is 22.6 Å². The van der Waals surface area contributed by atoms with Gasteiger partial charge < -0.3 is 9.47 Å². The van der Waals surface area contributed by atoms with Crippen LogP contribution in [0.1, 0.15) is 0 Å². The number of ether oxygens (including phenoxy) is 2. The van der Waals surface area contributed by atoms with E-state index in [1.807, 2.05) is 0 Å². The van der Waals surface area contributed by atoms with Crippen LogP contribution < -0.4 is 9.47 Å². The summed E-state index contributed by atoms with van der Waals surface area (Å²) < 4.78 is 65.6. The predicted octanol–water partition coefficient (Wildman–Crippen LogP) is 4.58. The number of rotatable bonds is 6. The van der Waals surface area contributed by atoms with Gasteiger partial charge in [-0.05, 0) is 0 Å². The third-order valence-corrected chi connectivity index (χ3v) is 4.11. The molecule has 2 rings (SSSR count). The van der Waals surface area contributed by atoms with Crippen molar-refractivity contribution >= 4 is 23.7 Å². The van der Waals surface area contributed by atoms with Crippen LogP contribution in [0.5, 0.6) is 11.5 Å². The van der Waals surface area contributed by atoms with Crippen molar-refractivity contribution in [1.82, 2.24) is 0 Å². The van der Waals surface area contributed by atoms with E-state index in [0.717, 1.165) is 12.2 Å². The van der Waals surface area contributed by atoms with Crippen LogP contribution in [0.15, 0.2) is 59.4 Å². The molecule has 0 spiro atoms. The minimum Gasteiger partial charge on any atom is -0.423 e. The molecule has 9 heteroatoms. The largest absolute Gasteiger partial charge is 0.423 e. The van der Waals surface area contributed by atoms with E-state index in [1.54, 1.807) is 0 Å². The highest BCUT2D eigenvalue weighted by Gasteiger charge is 2.20. The Balaban J connectivity index is 2.34. The van der Waals surface area contributed by atoms with Crippen LogP contribution in [-0.2, 0) is 9.59 Å². The summed E-state index contributed by atoms with van der Waals surface area (Å²) in [4.78, 5) is 20.7. The second kappa shape index (κ2) is 8.54. The standard InChI is InChI=1S/C18H10F4O4S/c1-3-15(23)25-9-5-11(19)17(12(20)6-9)27-18-13(21)7-10(8-14(18)22)26-16(24)4-2/h3-8H,1-2H2. The van der Waals surface area contributed by atoms with Gasteiger partial charge in [0.05, 0.1) is 9.79 Å². The van der Waals surface area contributed by atoms with Gasteiger partial charge in [-0.15, -0.1) is 0 Å². The topological polar surface area (TPSA) is 52.6 Å². The maximum atomic E-state index is 14.1. The number of carbonyl (C=O) groups is 2. The Morgan fingerprint density at radius 1 is 0.741 bits per heavy atom. The summed E-state index contributed by atoms with van der Waals surface area (Å²) in [6.07, 6.45) is 1.59. The van der Waals surface area contributed by atoms with E-state index in [1.165, 1.54) is 0 Å². The van der Waals surface area contributed by atoms with Gasteiger partial charge in [-0.3, -0.25) is 0 Å². The number of halogens is 4. The lowest BCUT2D eigenvalue weighted by molar-refractivity contribution is -0.129. The fourth-order valence-corrected chi connectivity index (χ4v) is 2.63. The molecule has 0 saturated carbocycles. The Hall–Kier alpha value is -3.07. The first-order valence-corrected chi connectivity index (χ1v) is 7.91. The Bertz CT molecular complexity index is 821. The molecule has 0 aromatic heterocycles. The summed E-state index contributed by atoms with van der Waals surface area (Å²) in [6, 6.07) is 2.73. The second-order valence-electron chi connectivity index (χ2n) is 4.78. The molecule has 4 nitrogen and oxygen atoms in total. The molecular weight excluding hydrogens is 388 g/mol. The molecule has 27 heavy (non-hydrogen) atoms. The highest BCUT2D eigenvalue weighted by atomic mass is 32.2. The van der Waals surface area contributed by atoms with Crippen molar-refractivity contribution in [3.05, 3.63) is 72.8 Å². The summed E-state index contributed by atoms with van der Waals surface area (Å²) in [5.41, 5.74) is 0. The van der Waals surface area contributed by atoms with Crippen LogP contribution in [0.3, 0.4) is 0 Å². The second-order valence-corrected chi connectivity index (χ2v) is 5.81. The minimum atomic E-state index is -1.20. The zero-order valence-corrected chi connectivity index (χ0v) is 14.2. The molecule has 0 N–H and O–H groups in total. The van der Waals surface area contributed by atoms with Gasteiger partial charge in [-0.25, -0.2) is 27.2 Å². The molecule has 0 amide bonds. The van der Waals surface area contributed by atoms with Crippen molar-refractivity contribution in [2.45, 2.75) is 9.79 Å². The van der Waals surface area contributed by atoms with E-state index in [9.17, 15) is 27.2 Å². The summed E-state index contributed by atoms with van der Waals surface area (Å²) >= 11 is 0.139. The third kappa shape index (κ3) is 4.98. The average molecular weight is 398 g/mol. The molecule has 0 unspecified atom stereocenters. The summed E-state index contributed by atoms with van der Waals surface area (Å²) in [5.74, 6) is -7.55. The predicted molar refractivity (Wildman–Crippen MR) is 88.5 cm³/mol. The monoisotopic (exact) mass is 398 g/mol. The van der Waals surface area contributed by atoms with Crippen LogP contribution in [0.2, 0.25) is 0 Å².